The van der Waals surface area contributed by atoms with Gasteiger partial charge in [0, 0.05) is 18.5 Å². The molecule has 0 bridgehead atoms. The van der Waals surface area contributed by atoms with E-state index in [9.17, 15) is 4.79 Å². The van der Waals surface area contributed by atoms with Crippen molar-refractivity contribution in [2.45, 2.75) is 40.2 Å². The summed E-state index contributed by atoms with van der Waals surface area (Å²) < 4.78 is 5.31. The molecule has 0 saturated carbocycles. The Kier molecular flexibility index (Phi) is 3.56. The third-order valence-electron chi connectivity index (χ3n) is 3.04. The second-order valence-corrected chi connectivity index (χ2v) is 5.74. The number of nitrogens with zero attached hydrogens (tertiary/aromatic N) is 1. The predicted molar refractivity (Wildman–Crippen MR) is 60.9 cm³/mol. The fourth-order valence-electron chi connectivity index (χ4n) is 2.18. The molecule has 1 heterocycles. The van der Waals surface area contributed by atoms with E-state index in [2.05, 4.69) is 4.90 Å². The monoisotopic (exact) mass is 213 g/mol. The molecular formula is C12H23NO2. The lowest BCUT2D eigenvalue weighted by atomic mass is 9.79. The van der Waals surface area contributed by atoms with Gasteiger partial charge in [0.05, 0.1) is 18.8 Å². The minimum atomic E-state index is -0.373. The zero-order valence-corrected chi connectivity index (χ0v) is 10.6. The highest BCUT2D eigenvalue weighted by atomic mass is 16.5. The Balaban J connectivity index is 2.76. The van der Waals surface area contributed by atoms with E-state index < -0.39 is 0 Å². The summed E-state index contributed by atoms with van der Waals surface area (Å²) in [5, 5.41) is 0. The number of carbonyl (C=O) groups excluding carboxylic acids is 1. The van der Waals surface area contributed by atoms with Crippen molar-refractivity contribution in [1.29, 1.82) is 0 Å². The molecule has 0 aromatic heterocycles. The lowest BCUT2D eigenvalue weighted by Crippen LogP contribution is -2.57. The lowest BCUT2D eigenvalue weighted by molar-refractivity contribution is -0.140. The number of hydrogen-bond donors (Lipinski definition) is 0. The van der Waals surface area contributed by atoms with Gasteiger partial charge in [0.1, 0.15) is 0 Å². The first-order chi connectivity index (χ1) is 6.76. The molecule has 0 unspecified atom stereocenters. The molecule has 1 rings (SSSR count). The maximum absolute atomic E-state index is 12.3. The maximum atomic E-state index is 12.3. The normalized spacial score (nSPS) is 20.3. The van der Waals surface area contributed by atoms with Crippen LogP contribution in [0.5, 0.6) is 0 Å². The number of ether oxygens (including phenoxy) is 1. The zero-order chi connectivity index (χ0) is 11.7. The van der Waals surface area contributed by atoms with E-state index in [4.69, 9.17) is 4.74 Å². The van der Waals surface area contributed by atoms with Gasteiger partial charge in [-0.1, -0.05) is 20.8 Å². The van der Waals surface area contributed by atoms with Gasteiger partial charge in [0.15, 0.2) is 5.78 Å². The SMILES string of the molecule is CC(C)(C)C(=O)C(C)(C)N1CCOCC1. The average molecular weight is 213 g/mol. The smallest absolute Gasteiger partial charge is 0.157 e. The number of Topliss-reactive ketones (excluding diaryl/α,β-unsaturated/α-hetero) is 1. The molecular weight excluding hydrogens is 190 g/mol. The van der Waals surface area contributed by atoms with E-state index in [0.29, 0.717) is 5.78 Å². The van der Waals surface area contributed by atoms with Gasteiger partial charge in [0.25, 0.3) is 0 Å². The van der Waals surface area contributed by atoms with Crippen molar-refractivity contribution < 1.29 is 9.53 Å². The summed E-state index contributed by atoms with van der Waals surface area (Å²) >= 11 is 0. The topological polar surface area (TPSA) is 29.5 Å². The van der Waals surface area contributed by atoms with Crippen LogP contribution in [0, 0.1) is 5.41 Å². The van der Waals surface area contributed by atoms with Crippen molar-refractivity contribution in [2.75, 3.05) is 26.3 Å². The Morgan fingerprint density at radius 2 is 1.53 bits per heavy atom. The fourth-order valence-corrected chi connectivity index (χ4v) is 2.18. The molecule has 88 valence electrons. The minimum absolute atomic E-state index is 0.276. The molecule has 0 aromatic carbocycles. The van der Waals surface area contributed by atoms with Gasteiger partial charge in [-0.25, -0.2) is 0 Å². The molecule has 1 fully saturated rings. The number of morpholine rings is 1. The predicted octanol–water partition coefficient (Wildman–Crippen LogP) is 1.71. The van der Waals surface area contributed by atoms with Crippen LogP contribution >= 0.6 is 0 Å². The minimum Gasteiger partial charge on any atom is -0.379 e. The summed E-state index contributed by atoms with van der Waals surface area (Å²) in [6, 6.07) is 0. The second-order valence-electron chi connectivity index (χ2n) is 5.74. The van der Waals surface area contributed by atoms with E-state index in [1.807, 2.05) is 34.6 Å². The number of ketones is 1. The molecule has 0 spiro atoms. The van der Waals surface area contributed by atoms with Crippen LogP contribution in [0.3, 0.4) is 0 Å². The van der Waals surface area contributed by atoms with Gasteiger partial charge in [-0.3, -0.25) is 9.69 Å². The van der Waals surface area contributed by atoms with Crippen LogP contribution in [0.1, 0.15) is 34.6 Å². The highest BCUT2D eigenvalue weighted by molar-refractivity contribution is 5.91. The summed E-state index contributed by atoms with van der Waals surface area (Å²) in [5.74, 6) is 0.303. The first kappa shape index (κ1) is 12.7. The second kappa shape index (κ2) is 4.22. The lowest BCUT2D eigenvalue weighted by Gasteiger charge is -2.42. The molecule has 1 saturated heterocycles. The van der Waals surface area contributed by atoms with E-state index in [-0.39, 0.29) is 11.0 Å². The van der Waals surface area contributed by atoms with Crippen LogP contribution < -0.4 is 0 Å². The Morgan fingerprint density at radius 1 is 1.07 bits per heavy atom. The third-order valence-corrected chi connectivity index (χ3v) is 3.04. The summed E-state index contributed by atoms with van der Waals surface area (Å²) in [7, 11) is 0. The summed E-state index contributed by atoms with van der Waals surface area (Å²) in [5.41, 5.74) is -0.649. The maximum Gasteiger partial charge on any atom is 0.157 e. The first-order valence-corrected chi connectivity index (χ1v) is 5.64. The van der Waals surface area contributed by atoms with E-state index in [1.54, 1.807) is 0 Å². The third kappa shape index (κ3) is 2.79. The molecule has 0 radical (unpaired) electrons. The molecule has 3 heteroatoms. The molecule has 3 nitrogen and oxygen atoms in total. The van der Waals surface area contributed by atoms with Gasteiger partial charge in [-0.05, 0) is 13.8 Å². The van der Waals surface area contributed by atoms with Gasteiger partial charge >= 0.3 is 0 Å². The summed E-state index contributed by atoms with van der Waals surface area (Å²) in [4.78, 5) is 14.5. The highest BCUT2D eigenvalue weighted by Gasteiger charge is 2.40. The van der Waals surface area contributed by atoms with Crippen LogP contribution in [0.2, 0.25) is 0 Å². The molecule has 0 atom stereocenters. The van der Waals surface area contributed by atoms with Crippen LogP contribution in [0.4, 0.5) is 0 Å². The van der Waals surface area contributed by atoms with Crippen LogP contribution in [0.15, 0.2) is 0 Å². The van der Waals surface area contributed by atoms with Crippen molar-refractivity contribution in [1.82, 2.24) is 4.90 Å². The molecule has 0 N–H and O–H groups in total. The highest BCUT2D eigenvalue weighted by Crippen LogP contribution is 2.27. The fraction of sp³-hybridized carbons (Fsp3) is 0.917. The largest absolute Gasteiger partial charge is 0.379 e. The summed E-state index contributed by atoms with van der Waals surface area (Å²) in [6.45, 7) is 13.2. The molecule has 0 amide bonds. The van der Waals surface area contributed by atoms with Crippen LogP contribution in [-0.2, 0) is 9.53 Å². The number of carbonyl (C=O) groups is 1. The van der Waals surface area contributed by atoms with Gasteiger partial charge in [0.2, 0.25) is 0 Å². The molecule has 15 heavy (non-hydrogen) atoms. The van der Waals surface area contributed by atoms with E-state index in [1.165, 1.54) is 0 Å². The van der Waals surface area contributed by atoms with Crippen molar-refractivity contribution in [2.24, 2.45) is 5.41 Å². The standard InChI is InChI=1S/C12H23NO2/c1-11(2,3)10(14)12(4,5)13-6-8-15-9-7-13/h6-9H2,1-5H3. The Labute approximate surface area is 92.8 Å². The zero-order valence-electron chi connectivity index (χ0n) is 10.6. The first-order valence-electron chi connectivity index (χ1n) is 5.64. The van der Waals surface area contributed by atoms with Gasteiger partial charge < -0.3 is 4.74 Å². The number of hydrogen-bond acceptors (Lipinski definition) is 3. The van der Waals surface area contributed by atoms with Gasteiger partial charge in [-0.2, -0.15) is 0 Å². The molecule has 1 aliphatic heterocycles. The molecule has 0 aliphatic carbocycles. The van der Waals surface area contributed by atoms with Crippen molar-refractivity contribution >= 4 is 5.78 Å². The molecule has 1 aliphatic rings. The Hall–Kier alpha value is -0.410. The van der Waals surface area contributed by atoms with Crippen molar-refractivity contribution in [3.63, 3.8) is 0 Å². The average Bonchev–Trinajstić information content (AvgIpc) is 2.16. The summed E-state index contributed by atoms with van der Waals surface area (Å²) in [6.07, 6.45) is 0. The van der Waals surface area contributed by atoms with Crippen LogP contribution in [0.25, 0.3) is 0 Å². The Morgan fingerprint density at radius 3 is 1.93 bits per heavy atom. The molecule has 0 aromatic rings. The van der Waals surface area contributed by atoms with Gasteiger partial charge in [-0.15, -0.1) is 0 Å². The van der Waals surface area contributed by atoms with Crippen molar-refractivity contribution in [3.05, 3.63) is 0 Å². The number of rotatable bonds is 2. The Bertz CT molecular complexity index is 234. The quantitative estimate of drug-likeness (QED) is 0.699. The van der Waals surface area contributed by atoms with E-state index >= 15 is 0 Å². The van der Waals surface area contributed by atoms with Crippen molar-refractivity contribution in [3.8, 4) is 0 Å². The van der Waals surface area contributed by atoms with Crippen LogP contribution in [-0.4, -0.2) is 42.5 Å². The van der Waals surface area contributed by atoms with E-state index in [0.717, 1.165) is 26.3 Å².